The molecule has 1 aliphatic rings. The quantitative estimate of drug-likeness (QED) is 0.762. The first-order valence-corrected chi connectivity index (χ1v) is 6.72. The average Bonchev–Trinajstić information content (AvgIpc) is 2.33. The zero-order valence-electron chi connectivity index (χ0n) is 10.1. The van der Waals surface area contributed by atoms with Gasteiger partial charge in [-0.15, -0.1) is 0 Å². The molecule has 0 spiro atoms. The second kappa shape index (κ2) is 5.85. The van der Waals surface area contributed by atoms with Crippen LogP contribution in [0.2, 0.25) is 10.2 Å². The highest BCUT2D eigenvalue weighted by Gasteiger charge is 2.41. The highest BCUT2D eigenvalue weighted by Crippen LogP contribution is 2.34. The van der Waals surface area contributed by atoms with E-state index in [1.54, 1.807) is 12.1 Å². The summed E-state index contributed by atoms with van der Waals surface area (Å²) in [6.45, 7) is 1.23. The topological polar surface area (TPSA) is 16.1 Å². The fourth-order valence-corrected chi connectivity index (χ4v) is 2.53. The number of halogens is 5. The fourth-order valence-electron chi connectivity index (χ4n) is 2.20. The predicted octanol–water partition coefficient (Wildman–Crippen LogP) is 4.16. The maximum Gasteiger partial charge on any atom is 0.391 e. The predicted molar refractivity (Wildman–Crippen MR) is 68.3 cm³/mol. The summed E-state index contributed by atoms with van der Waals surface area (Å²) in [6.07, 6.45) is -3.83. The number of hydrogen-bond acceptors (Lipinski definition) is 2. The van der Waals surface area contributed by atoms with Crippen LogP contribution < -0.4 is 0 Å². The van der Waals surface area contributed by atoms with Gasteiger partial charge in [-0.1, -0.05) is 23.2 Å². The third kappa shape index (κ3) is 3.97. The third-order valence-corrected chi connectivity index (χ3v) is 3.86. The second-order valence-corrected chi connectivity index (χ2v) is 5.45. The summed E-state index contributed by atoms with van der Waals surface area (Å²) in [5.41, 5.74) is 0.611. The van der Waals surface area contributed by atoms with Gasteiger partial charge in [0.15, 0.2) is 0 Å². The Labute approximate surface area is 119 Å². The van der Waals surface area contributed by atoms with Crippen LogP contribution in [0.5, 0.6) is 0 Å². The molecule has 1 aromatic heterocycles. The van der Waals surface area contributed by atoms with Crippen LogP contribution in [0.3, 0.4) is 0 Å². The molecule has 7 heteroatoms. The van der Waals surface area contributed by atoms with Gasteiger partial charge in [0, 0.05) is 6.54 Å². The van der Waals surface area contributed by atoms with Gasteiger partial charge in [-0.05, 0) is 38.1 Å². The lowest BCUT2D eigenvalue weighted by Crippen LogP contribution is -2.38. The Balaban J connectivity index is 1.94. The maximum absolute atomic E-state index is 12.5. The molecule has 0 aromatic carbocycles. The smallest absolute Gasteiger partial charge is 0.297 e. The SMILES string of the molecule is FC(F)(F)C1CCN(Cc2nc(Cl)ccc2Cl)CC1. The number of aromatic nitrogens is 1. The average molecular weight is 313 g/mol. The van der Waals surface area contributed by atoms with Crippen LogP contribution in [0.25, 0.3) is 0 Å². The normalized spacial score (nSPS) is 18.8. The molecular weight excluding hydrogens is 300 g/mol. The summed E-state index contributed by atoms with van der Waals surface area (Å²) in [6, 6.07) is 3.23. The van der Waals surface area contributed by atoms with E-state index >= 15 is 0 Å². The van der Waals surface area contributed by atoms with Crippen molar-refractivity contribution in [2.75, 3.05) is 13.1 Å². The first kappa shape index (κ1) is 14.9. The molecule has 2 heterocycles. The molecule has 0 aliphatic carbocycles. The van der Waals surface area contributed by atoms with E-state index in [2.05, 4.69) is 4.98 Å². The molecule has 0 radical (unpaired) electrons. The molecule has 106 valence electrons. The first-order chi connectivity index (χ1) is 8.86. The highest BCUT2D eigenvalue weighted by atomic mass is 35.5. The molecule has 2 nitrogen and oxygen atoms in total. The zero-order chi connectivity index (χ0) is 14.0. The van der Waals surface area contributed by atoms with Gasteiger partial charge in [-0.3, -0.25) is 4.90 Å². The molecule has 1 aromatic rings. The van der Waals surface area contributed by atoms with Crippen LogP contribution in [0.4, 0.5) is 13.2 Å². The Morgan fingerprint density at radius 1 is 1.21 bits per heavy atom. The number of hydrogen-bond donors (Lipinski definition) is 0. The summed E-state index contributed by atoms with van der Waals surface area (Å²) in [4.78, 5) is 6.03. The number of piperidine rings is 1. The molecule has 0 amide bonds. The minimum Gasteiger partial charge on any atom is -0.297 e. The third-order valence-electron chi connectivity index (χ3n) is 3.31. The van der Waals surface area contributed by atoms with E-state index in [9.17, 15) is 13.2 Å². The summed E-state index contributed by atoms with van der Waals surface area (Å²) in [7, 11) is 0. The van der Waals surface area contributed by atoms with Crippen LogP contribution in [0.15, 0.2) is 12.1 Å². The number of rotatable bonds is 2. The molecule has 0 bridgehead atoms. The van der Waals surface area contributed by atoms with Crippen molar-refractivity contribution < 1.29 is 13.2 Å². The summed E-state index contributed by atoms with van der Waals surface area (Å²) >= 11 is 11.8. The van der Waals surface area contributed by atoms with Gasteiger partial charge in [0.1, 0.15) is 5.15 Å². The Morgan fingerprint density at radius 3 is 2.42 bits per heavy atom. The van der Waals surface area contributed by atoms with Gasteiger partial charge in [-0.2, -0.15) is 13.2 Å². The van der Waals surface area contributed by atoms with E-state index in [1.807, 2.05) is 4.90 Å². The van der Waals surface area contributed by atoms with Crippen LogP contribution >= 0.6 is 23.2 Å². The first-order valence-electron chi connectivity index (χ1n) is 5.96. The van der Waals surface area contributed by atoms with E-state index in [1.165, 1.54) is 0 Å². The number of pyridine rings is 1. The van der Waals surface area contributed by atoms with Crippen molar-refractivity contribution in [2.45, 2.75) is 25.6 Å². The van der Waals surface area contributed by atoms with E-state index in [0.29, 0.717) is 35.5 Å². The van der Waals surface area contributed by atoms with E-state index < -0.39 is 12.1 Å². The Morgan fingerprint density at radius 2 is 1.84 bits per heavy atom. The van der Waals surface area contributed by atoms with Crippen molar-refractivity contribution in [1.82, 2.24) is 9.88 Å². The lowest BCUT2D eigenvalue weighted by molar-refractivity contribution is -0.185. The molecular formula is C12H13Cl2F3N2. The Kier molecular flexibility index (Phi) is 4.58. The monoisotopic (exact) mass is 312 g/mol. The van der Waals surface area contributed by atoms with Crippen LogP contribution in [-0.4, -0.2) is 29.1 Å². The fraction of sp³-hybridized carbons (Fsp3) is 0.583. The standard InChI is InChI=1S/C12H13Cl2F3N2/c13-9-1-2-11(14)18-10(9)7-19-5-3-8(4-6-19)12(15,16)17/h1-2,8H,3-7H2. The number of alkyl halides is 3. The number of likely N-dealkylation sites (tertiary alicyclic amines) is 1. The lowest BCUT2D eigenvalue weighted by atomic mass is 9.96. The molecule has 0 unspecified atom stereocenters. The minimum atomic E-state index is -4.09. The zero-order valence-corrected chi connectivity index (χ0v) is 11.6. The number of nitrogens with zero attached hydrogens (tertiary/aromatic N) is 2. The molecule has 19 heavy (non-hydrogen) atoms. The van der Waals surface area contributed by atoms with E-state index in [-0.39, 0.29) is 12.8 Å². The van der Waals surface area contributed by atoms with E-state index in [4.69, 9.17) is 23.2 Å². The van der Waals surface area contributed by atoms with Crippen LogP contribution in [0, 0.1) is 5.92 Å². The van der Waals surface area contributed by atoms with Crippen molar-refractivity contribution in [3.8, 4) is 0 Å². The van der Waals surface area contributed by atoms with E-state index in [0.717, 1.165) is 0 Å². The Hall–Kier alpha value is -0.520. The van der Waals surface area contributed by atoms with Gasteiger partial charge in [0.2, 0.25) is 0 Å². The molecule has 0 atom stereocenters. The van der Waals surface area contributed by atoms with Crippen molar-refractivity contribution >= 4 is 23.2 Å². The van der Waals surface area contributed by atoms with Gasteiger partial charge in [-0.25, -0.2) is 4.98 Å². The molecule has 1 aliphatic heterocycles. The summed E-state index contributed by atoms with van der Waals surface area (Å²) in [5, 5.41) is 0.826. The van der Waals surface area contributed by atoms with Crippen molar-refractivity contribution in [3.05, 3.63) is 28.0 Å². The highest BCUT2D eigenvalue weighted by molar-refractivity contribution is 6.32. The largest absolute Gasteiger partial charge is 0.391 e. The van der Waals surface area contributed by atoms with Crippen molar-refractivity contribution in [1.29, 1.82) is 0 Å². The van der Waals surface area contributed by atoms with Crippen molar-refractivity contribution in [3.63, 3.8) is 0 Å². The van der Waals surface area contributed by atoms with Gasteiger partial charge in [0.25, 0.3) is 0 Å². The summed E-state index contributed by atoms with van der Waals surface area (Å²) in [5.74, 6) is -1.19. The van der Waals surface area contributed by atoms with Gasteiger partial charge in [0.05, 0.1) is 16.6 Å². The Bertz CT molecular complexity index is 443. The van der Waals surface area contributed by atoms with Gasteiger partial charge >= 0.3 is 6.18 Å². The van der Waals surface area contributed by atoms with Crippen LogP contribution in [0.1, 0.15) is 18.5 Å². The van der Waals surface area contributed by atoms with Crippen LogP contribution in [-0.2, 0) is 6.54 Å². The molecule has 1 fully saturated rings. The molecule has 1 saturated heterocycles. The molecule has 0 N–H and O–H groups in total. The lowest BCUT2D eigenvalue weighted by Gasteiger charge is -2.32. The molecule has 0 saturated carbocycles. The van der Waals surface area contributed by atoms with Crippen molar-refractivity contribution in [2.24, 2.45) is 5.92 Å². The van der Waals surface area contributed by atoms with Gasteiger partial charge < -0.3 is 0 Å². The second-order valence-electron chi connectivity index (χ2n) is 4.65. The summed E-state index contributed by atoms with van der Waals surface area (Å²) < 4.78 is 37.6. The minimum absolute atomic E-state index is 0.127. The molecule has 2 rings (SSSR count). The maximum atomic E-state index is 12.5.